The van der Waals surface area contributed by atoms with Gasteiger partial charge in [0.25, 0.3) is 0 Å². The molecule has 0 N–H and O–H groups in total. The average Bonchev–Trinajstić information content (AvgIpc) is 2.17. The van der Waals surface area contributed by atoms with Crippen LogP contribution in [0.25, 0.3) is 0 Å². The molecule has 1 spiro atoms. The van der Waals surface area contributed by atoms with Crippen LogP contribution >= 0.6 is 0 Å². The molecule has 2 aliphatic rings. The van der Waals surface area contributed by atoms with Gasteiger partial charge in [-0.25, -0.2) is 0 Å². The highest BCUT2D eigenvalue weighted by molar-refractivity contribution is 5.06. The van der Waals surface area contributed by atoms with Gasteiger partial charge < -0.3 is 4.74 Å². The molecular weight excluding hydrogens is 174 g/mol. The van der Waals surface area contributed by atoms with Gasteiger partial charge in [-0.1, -0.05) is 13.8 Å². The van der Waals surface area contributed by atoms with Gasteiger partial charge in [0.2, 0.25) is 0 Å². The van der Waals surface area contributed by atoms with E-state index in [0.717, 1.165) is 6.42 Å². The Balaban J connectivity index is 2.04. The number of nitrogens with zero attached hydrogens (tertiary/aromatic N) is 1. The van der Waals surface area contributed by atoms with Crippen LogP contribution in [0.4, 0.5) is 0 Å². The monoisotopic (exact) mass is 193 g/mol. The minimum absolute atomic E-state index is 0.118. The van der Waals surface area contributed by atoms with Gasteiger partial charge in [0.15, 0.2) is 0 Å². The Morgan fingerprint density at radius 2 is 2.14 bits per heavy atom. The summed E-state index contributed by atoms with van der Waals surface area (Å²) >= 11 is 0. The largest absolute Gasteiger partial charge is 0.370 e. The Morgan fingerprint density at radius 1 is 1.36 bits per heavy atom. The Labute approximate surface area is 86.2 Å². The maximum absolute atomic E-state index is 8.68. The fraction of sp³-hybridized carbons (Fsp3) is 0.917. The van der Waals surface area contributed by atoms with E-state index in [2.05, 4.69) is 19.9 Å². The van der Waals surface area contributed by atoms with Crippen molar-refractivity contribution in [1.82, 2.24) is 0 Å². The van der Waals surface area contributed by atoms with Crippen LogP contribution in [0.2, 0.25) is 0 Å². The highest BCUT2D eigenvalue weighted by Gasteiger charge is 2.55. The number of nitriles is 1. The summed E-state index contributed by atoms with van der Waals surface area (Å²) in [4.78, 5) is 0. The lowest BCUT2D eigenvalue weighted by atomic mass is 9.56. The topological polar surface area (TPSA) is 33.0 Å². The van der Waals surface area contributed by atoms with E-state index in [-0.39, 0.29) is 11.7 Å². The second-order valence-electron chi connectivity index (χ2n) is 5.37. The normalized spacial score (nSPS) is 40.2. The lowest BCUT2D eigenvalue weighted by Crippen LogP contribution is -2.58. The molecule has 1 aliphatic heterocycles. The molecule has 0 amide bonds. The van der Waals surface area contributed by atoms with Gasteiger partial charge in [-0.05, 0) is 37.5 Å². The highest BCUT2D eigenvalue weighted by Crippen LogP contribution is 2.56. The predicted octanol–water partition coefficient (Wildman–Crippen LogP) is 3.03. The Hall–Kier alpha value is -0.550. The van der Waals surface area contributed by atoms with Crippen LogP contribution < -0.4 is 0 Å². The van der Waals surface area contributed by atoms with E-state index in [9.17, 15) is 0 Å². The predicted molar refractivity (Wildman–Crippen MR) is 54.7 cm³/mol. The summed E-state index contributed by atoms with van der Waals surface area (Å²) < 4.78 is 6.14. The molecule has 0 bridgehead atoms. The fourth-order valence-corrected chi connectivity index (χ4v) is 2.88. The molecule has 2 heteroatoms. The van der Waals surface area contributed by atoms with Crippen LogP contribution in [0.1, 0.15) is 52.4 Å². The highest BCUT2D eigenvalue weighted by atomic mass is 16.5. The van der Waals surface area contributed by atoms with E-state index in [1.54, 1.807) is 0 Å². The molecule has 2 rings (SSSR count). The maximum atomic E-state index is 8.68. The first-order valence-corrected chi connectivity index (χ1v) is 5.64. The van der Waals surface area contributed by atoms with Crippen molar-refractivity contribution in [3.8, 4) is 6.07 Å². The molecule has 1 heterocycles. The molecule has 0 aromatic heterocycles. The minimum atomic E-state index is 0.118. The van der Waals surface area contributed by atoms with Crippen LogP contribution in [-0.4, -0.2) is 11.7 Å². The molecule has 2 atom stereocenters. The van der Waals surface area contributed by atoms with Crippen molar-refractivity contribution in [2.45, 2.75) is 64.1 Å². The summed E-state index contributed by atoms with van der Waals surface area (Å²) in [5.74, 6) is 0. The summed E-state index contributed by atoms with van der Waals surface area (Å²) in [5.41, 5.74) is 0.452. The molecular formula is C12H19NO. The van der Waals surface area contributed by atoms with E-state index in [1.807, 2.05) is 0 Å². The third kappa shape index (κ3) is 1.35. The quantitative estimate of drug-likeness (QED) is 0.641. The second kappa shape index (κ2) is 3.24. The summed E-state index contributed by atoms with van der Waals surface area (Å²) in [7, 11) is 0. The summed E-state index contributed by atoms with van der Waals surface area (Å²) in [6, 6.07) is 2.23. The van der Waals surface area contributed by atoms with Crippen LogP contribution in [0.5, 0.6) is 0 Å². The molecule has 2 unspecified atom stereocenters. The van der Waals surface area contributed by atoms with Gasteiger partial charge in [-0.3, -0.25) is 0 Å². The van der Waals surface area contributed by atoms with E-state index in [1.165, 1.54) is 25.7 Å². The Bertz CT molecular complexity index is 266. The van der Waals surface area contributed by atoms with Crippen molar-refractivity contribution in [3.05, 3.63) is 0 Å². The van der Waals surface area contributed by atoms with Gasteiger partial charge in [0.1, 0.15) is 0 Å². The Morgan fingerprint density at radius 3 is 2.64 bits per heavy atom. The molecule has 0 radical (unpaired) electrons. The van der Waals surface area contributed by atoms with Crippen molar-refractivity contribution < 1.29 is 4.74 Å². The minimum Gasteiger partial charge on any atom is -0.370 e. The van der Waals surface area contributed by atoms with Crippen molar-refractivity contribution in [3.63, 3.8) is 0 Å². The first-order valence-electron chi connectivity index (χ1n) is 5.64. The standard InChI is InChI=1S/C12H19NO/c1-11(2)7-8-12(11)6-3-4-10(14-12)5-9-13/h10H,3-8H2,1-2H3. The molecule has 78 valence electrons. The molecule has 14 heavy (non-hydrogen) atoms. The molecule has 1 saturated heterocycles. The van der Waals surface area contributed by atoms with Gasteiger partial charge in [0, 0.05) is 0 Å². The zero-order valence-corrected chi connectivity index (χ0v) is 9.18. The van der Waals surface area contributed by atoms with Crippen molar-refractivity contribution >= 4 is 0 Å². The van der Waals surface area contributed by atoms with Gasteiger partial charge >= 0.3 is 0 Å². The van der Waals surface area contributed by atoms with Crippen LogP contribution in [0, 0.1) is 16.7 Å². The second-order valence-corrected chi connectivity index (χ2v) is 5.37. The molecule has 0 aromatic carbocycles. The maximum Gasteiger partial charge on any atom is 0.0737 e. The summed E-state index contributed by atoms with van der Waals surface area (Å²) in [6.07, 6.45) is 6.74. The van der Waals surface area contributed by atoms with Gasteiger partial charge in [-0.2, -0.15) is 5.26 Å². The van der Waals surface area contributed by atoms with Crippen molar-refractivity contribution in [2.75, 3.05) is 0 Å². The molecule has 2 fully saturated rings. The third-order valence-corrected chi connectivity index (χ3v) is 4.21. The van der Waals surface area contributed by atoms with E-state index in [4.69, 9.17) is 10.00 Å². The molecule has 1 saturated carbocycles. The van der Waals surface area contributed by atoms with E-state index < -0.39 is 0 Å². The number of hydrogen-bond acceptors (Lipinski definition) is 2. The number of rotatable bonds is 1. The zero-order chi connectivity index (χ0) is 10.2. The lowest BCUT2D eigenvalue weighted by molar-refractivity contribution is -0.237. The van der Waals surface area contributed by atoms with Gasteiger partial charge in [0.05, 0.1) is 24.2 Å². The number of ether oxygens (including phenoxy) is 1. The van der Waals surface area contributed by atoms with Crippen LogP contribution in [0.3, 0.4) is 0 Å². The Kier molecular flexibility index (Phi) is 2.31. The smallest absolute Gasteiger partial charge is 0.0737 e. The molecule has 0 aromatic rings. The first kappa shape index (κ1) is 9.98. The fourth-order valence-electron chi connectivity index (χ4n) is 2.88. The lowest BCUT2D eigenvalue weighted by Gasteiger charge is -2.59. The molecule has 1 aliphatic carbocycles. The molecule has 2 nitrogen and oxygen atoms in total. The van der Waals surface area contributed by atoms with E-state index >= 15 is 0 Å². The summed E-state index contributed by atoms with van der Waals surface area (Å²) in [6.45, 7) is 4.59. The van der Waals surface area contributed by atoms with Crippen LogP contribution in [0.15, 0.2) is 0 Å². The average molecular weight is 193 g/mol. The number of hydrogen-bond donors (Lipinski definition) is 0. The van der Waals surface area contributed by atoms with Crippen molar-refractivity contribution in [2.24, 2.45) is 5.41 Å². The SMILES string of the molecule is CC1(C)CCC12CCCC(CC#N)O2. The zero-order valence-electron chi connectivity index (χ0n) is 9.18. The van der Waals surface area contributed by atoms with E-state index in [0.29, 0.717) is 11.8 Å². The summed E-state index contributed by atoms with van der Waals surface area (Å²) in [5, 5.41) is 8.68. The van der Waals surface area contributed by atoms with Crippen LogP contribution in [-0.2, 0) is 4.74 Å². The first-order chi connectivity index (χ1) is 6.60. The third-order valence-electron chi connectivity index (χ3n) is 4.21. The van der Waals surface area contributed by atoms with Crippen molar-refractivity contribution in [1.29, 1.82) is 5.26 Å². The van der Waals surface area contributed by atoms with Gasteiger partial charge in [-0.15, -0.1) is 0 Å².